The maximum Gasteiger partial charge on any atom is 0.297 e. The zero-order chi connectivity index (χ0) is 21.2. The van der Waals surface area contributed by atoms with Crippen molar-refractivity contribution in [1.29, 1.82) is 0 Å². The van der Waals surface area contributed by atoms with Gasteiger partial charge in [0.1, 0.15) is 4.90 Å². The molecule has 162 valence electrons. The third kappa shape index (κ3) is 6.29. The van der Waals surface area contributed by atoms with E-state index in [9.17, 15) is 8.42 Å². The van der Waals surface area contributed by atoms with Gasteiger partial charge in [0.2, 0.25) is 0 Å². The van der Waals surface area contributed by atoms with Gasteiger partial charge in [-0.3, -0.25) is 4.18 Å². The Morgan fingerprint density at radius 3 is 1.90 bits per heavy atom. The second-order valence-electron chi connectivity index (χ2n) is 8.13. The summed E-state index contributed by atoms with van der Waals surface area (Å²) in [6.07, 6.45) is 12.1. The van der Waals surface area contributed by atoms with Crippen molar-refractivity contribution in [2.75, 3.05) is 6.61 Å². The molecule has 0 aliphatic rings. The second kappa shape index (κ2) is 11.5. The molecule has 3 rings (SSSR count). The Morgan fingerprint density at radius 1 is 0.667 bits per heavy atom. The molecular weight excluding hydrogens is 392 g/mol. The average Bonchev–Trinajstić information content (AvgIpc) is 2.75. The number of hydrogen-bond acceptors (Lipinski definition) is 3. The lowest BCUT2D eigenvalue weighted by Gasteiger charge is -2.10. The topological polar surface area (TPSA) is 43.4 Å². The molecule has 0 spiro atoms. The Bertz CT molecular complexity index is 1040. The second-order valence-corrected chi connectivity index (χ2v) is 9.72. The summed E-state index contributed by atoms with van der Waals surface area (Å²) in [5.41, 5.74) is 0. The van der Waals surface area contributed by atoms with Crippen LogP contribution in [-0.4, -0.2) is 15.0 Å². The van der Waals surface area contributed by atoms with Crippen LogP contribution in [0.4, 0.5) is 0 Å². The molecule has 0 saturated heterocycles. The predicted octanol–water partition coefficient (Wildman–Crippen LogP) is 7.62. The fourth-order valence-corrected chi connectivity index (χ4v) is 5.13. The molecule has 0 aliphatic heterocycles. The molecule has 0 saturated carbocycles. The molecule has 0 aliphatic carbocycles. The summed E-state index contributed by atoms with van der Waals surface area (Å²) in [6, 6.07) is 17.4. The molecule has 0 amide bonds. The first-order chi connectivity index (χ1) is 14.6. The Balaban J connectivity index is 1.50. The van der Waals surface area contributed by atoms with Crippen LogP contribution < -0.4 is 0 Å². The van der Waals surface area contributed by atoms with Crippen LogP contribution in [0.5, 0.6) is 0 Å². The number of fused-ring (bicyclic) bond motifs is 2. The van der Waals surface area contributed by atoms with E-state index in [1.807, 2.05) is 42.5 Å². The molecule has 3 aromatic carbocycles. The maximum atomic E-state index is 12.8. The van der Waals surface area contributed by atoms with E-state index in [-0.39, 0.29) is 11.5 Å². The minimum Gasteiger partial charge on any atom is -0.266 e. The summed E-state index contributed by atoms with van der Waals surface area (Å²) in [4.78, 5) is 0.262. The summed E-state index contributed by atoms with van der Waals surface area (Å²) < 4.78 is 31.0. The van der Waals surface area contributed by atoms with Crippen LogP contribution in [0.2, 0.25) is 0 Å². The van der Waals surface area contributed by atoms with Crippen LogP contribution >= 0.6 is 0 Å². The largest absolute Gasteiger partial charge is 0.297 e. The van der Waals surface area contributed by atoms with Crippen molar-refractivity contribution in [2.24, 2.45) is 0 Å². The summed E-state index contributed by atoms with van der Waals surface area (Å²) >= 11 is 0. The van der Waals surface area contributed by atoms with Crippen LogP contribution in [0.1, 0.15) is 71.1 Å². The van der Waals surface area contributed by atoms with E-state index < -0.39 is 10.1 Å². The fourth-order valence-electron chi connectivity index (χ4n) is 3.98. The van der Waals surface area contributed by atoms with Crippen LogP contribution in [0.25, 0.3) is 21.5 Å². The standard InChI is InChI=1S/C26H34O3S/c1-2-3-4-5-6-7-8-9-10-13-19-29-30(27,28)26-18-14-17-24-20-22-15-11-12-16-23(22)21-25(24)26/h11-12,14-18,20-21H,2-10,13,19H2,1H3. The van der Waals surface area contributed by atoms with Gasteiger partial charge in [0.05, 0.1) is 6.61 Å². The predicted molar refractivity (Wildman–Crippen MR) is 126 cm³/mol. The summed E-state index contributed by atoms with van der Waals surface area (Å²) in [6.45, 7) is 2.49. The van der Waals surface area contributed by atoms with E-state index in [1.54, 1.807) is 12.1 Å². The molecule has 0 atom stereocenters. The monoisotopic (exact) mass is 426 g/mol. The Morgan fingerprint density at radius 2 is 1.23 bits per heavy atom. The van der Waals surface area contributed by atoms with E-state index in [0.717, 1.165) is 40.8 Å². The van der Waals surface area contributed by atoms with Gasteiger partial charge in [-0.2, -0.15) is 8.42 Å². The van der Waals surface area contributed by atoms with Crippen molar-refractivity contribution in [3.63, 3.8) is 0 Å². The lowest BCUT2D eigenvalue weighted by Crippen LogP contribution is -2.08. The lowest BCUT2D eigenvalue weighted by molar-refractivity contribution is 0.306. The number of rotatable bonds is 13. The number of unbranched alkanes of at least 4 members (excludes halogenated alkanes) is 9. The highest BCUT2D eigenvalue weighted by atomic mass is 32.2. The van der Waals surface area contributed by atoms with Crippen molar-refractivity contribution in [2.45, 2.75) is 76.0 Å². The van der Waals surface area contributed by atoms with Gasteiger partial charge < -0.3 is 0 Å². The van der Waals surface area contributed by atoms with E-state index in [1.165, 1.54) is 44.9 Å². The SMILES string of the molecule is CCCCCCCCCCCCOS(=O)(=O)c1cccc2cc3ccccc3cc12. The van der Waals surface area contributed by atoms with Crippen molar-refractivity contribution in [3.8, 4) is 0 Å². The van der Waals surface area contributed by atoms with Crippen molar-refractivity contribution < 1.29 is 12.6 Å². The molecule has 30 heavy (non-hydrogen) atoms. The van der Waals surface area contributed by atoms with E-state index in [0.29, 0.717) is 0 Å². The third-order valence-corrected chi connectivity index (χ3v) is 7.08. The molecule has 0 heterocycles. The fraction of sp³-hybridized carbons (Fsp3) is 0.462. The highest BCUT2D eigenvalue weighted by Gasteiger charge is 2.18. The van der Waals surface area contributed by atoms with Gasteiger partial charge in [0.25, 0.3) is 10.1 Å². The van der Waals surface area contributed by atoms with Crippen molar-refractivity contribution in [1.82, 2.24) is 0 Å². The molecular formula is C26H34O3S. The first-order valence-electron chi connectivity index (χ1n) is 11.4. The number of hydrogen-bond donors (Lipinski definition) is 0. The number of benzene rings is 3. The van der Waals surface area contributed by atoms with Gasteiger partial charge in [0, 0.05) is 5.39 Å². The van der Waals surface area contributed by atoms with E-state index in [2.05, 4.69) is 6.92 Å². The smallest absolute Gasteiger partial charge is 0.266 e. The summed E-state index contributed by atoms with van der Waals surface area (Å²) in [5, 5.41) is 3.77. The van der Waals surface area contributed by atoms with Crippen LogP contribution in [-0.2, 0) is 14.3 Å². The van der Waals surface area contributed by atoms with E-state index in [4.69, 9.17) is 4.18 Å². The van der Waals surface area contributed by atoms with Gasteiger partial charge in [-0.25, -0.2) is 0 Å². The van der Waals surface area contributed by atoms with Crippen molar-refractivity contribution >= 4 is 31.7 Å². The molecule has 0 radical (unpaired) electrons. The first kappa shape index (κ1) is 22.8. The van der Waals surface area contributed by atoms with Crippen LogP contribution in [0.15, 0.2) is 59.5 Å². The molecule has 0 bridgehead atoms. The van der Waals surface area contributed by atoms with Crippen molar-refractivity contribution in [3.05, 3.63) is 54.6 Å². The zero-order valence-corrected chi connectivity index (χ0v) is 18.9. The summed E-state index contributed by atoms with van der Waals surface area (Å²) in [5.74, 6) is 0. The molecule has 0 N–H and O–H groups in total. The first-order valence-corrected chi connectivity index (χ1v) is 12.8. The summed E-state index contributed by atoms with van der Waals surface area (Å²) in [7, 11) is -3.77. The van der Waals surface area contributed by atoms with E-state index >= 15 is 0 Å². The minimum atomic E-state index is -3.77. The van der Waals surface area contributed by atoms with Gasteiger partial charge in [0.15, 0.2) is 0 Å². The molecule has 4 heteroatoms. The molecule has 3 aromatic rings. The van der Waals surface area contributed by atoms with Crippen LogP contribution in [0, 0.1) is 0 Å². The molecule has 3 nitrogen and oxygen atoms in total. The Labute approximate surface area is 181 Å². The van der Waals surface area contributed by atoms with Gasteiger partial charge in [-0.15, -0.1) is 0 Å². The quantitative estimate of drug-likeness (QED) is 0.160. The third-order valence-electron chi connectivity index (χ3n) is 5.71. The Kier molecular flexibility index (Phi) is 8.71. The molecule has 0 fully saturated rings. The van der Waals surface area contributed by atoms with Crippen LogP contribution in [0.3, 0.4) is 0 Å². The zero-order valence-electron chi connectivity index (χ0n) is 18.1. The Hall–Kier alpha value is -1.91. The normalized spacial score (nSPS) is 12.0. The van der Waals surface area contributed by atoms with Gasteiger partial charge in [-0.1, -0.05) is 101 Å². The average molecular weight is 427 g/mol. The molecule has 0 aromatic heterocycles. The minimum absolute atomic E-state index is 0.253. The molecule has 0 unspecified atom stereocenters. The highest BCUT2D eigenvalue weighted by Crippen LogP contribution is 2.29. The highest BCUT2D eigenvalue weighted by molar-refractivity contribution is 7.87. The van der Waals surface area contributed by atoms with Gasteiger partial charge >= 0.3 is 0 Å². The maximum absolute atomic E-state index is 12.8. The van der Waals surface area contributed by atoms with Gasteiger partial charge in [-0.05, 0) is 40.8 Å². The lowest BCUT2D eigenvalue weighted by atomic mass is 10.0.